The van der Waals surface area contributed by atoms with Gasteiger partial charge >= 0.3 is 0 Å². The summed E-state index contributed by atoms with van der Waals surface area (Å²) >= 11 is 0. The third kappa shape index (κ3) is 2.89. The van der Waals surface area contributed by atoms with E-state index < -0.39 is 0 Å². The Morgan fingerprint density at radius 3 is 2.23 bits per heavy atom. The number of hydrogen-bond donors (Lipinski definition) is 0. The molecule has 43 heavy (non-hydrogen) atoms. The van der Waals surface area contributed by atoms with Crippen molar-refractivity contribution in [1.29, 1.82) is 0 Å². The SMILES string of the molecule is CC1(C)c2ccccc2-c2c1ccc1c2ccc2c3ccccc3n(-c3nc4c5c(cccc5n3)Cc3ccccc3-4)c12. The van der Waals surface area contributed by atoms with E-state index in [1.807, 2.05) is 0 Å². The summed E-state index contributed by atoms with van der Waals surface area (Å²) < 4.78 is 2.31. The first-order chi connectivity index (χ1) is 21.1. The quantitative estimate of drug-likeness (QED) is 0.204. The van der Waals surface area contributed by atoms with Crippen molar-refractivity contribution in [3.63, 3.8) is 0 Å². The van der Waals surface area contributed by atoms with E-state index >= 15 is 0 Å². The molecule has 0 unspecified atom stereocenters. The fourth-order valence-corrected chi connectivity index (χ4v) is 8.07. The van der Waals surface area contributed by atoms with Gasteiger partial charge in [0.25, 0.3) is 0 Å². The standard InChI is InChI=1S/C40H27N3/c1-40(2)31-15-7-5-14-30(31)36-27-18-19-28-26-13-6-8-17-34(26)43(38(28)29(27)20-21-32(36)40)39-41-33-16-9-11-24-22-23-10-3-4-12-25(23)37(42-39)35(24)33/h3-21H,22H2,1-2H3. The number of aromatic nitrogens is 3. The fraction of sp³-hybridized carbons (Fsp3) is 0.100. The first-order valence-electron chi connectivity index (χ1n) is 15.1. The molecular weight excluding hydrogens is 522 g/mol. The Morgan fingerprint density at radius 2 is 1.30 bits per heavy atom. The highest BCUT2D eigenvalue weighted by Crippen LogP contribution is 2.52. The molecule has 3 nitrogen and oxygen atoms in total. The minimum Gasteiger partial charge on any atom is -0.277 e. The molecule has 0 saturated carbocycles. The number of fused-ring (bicyclic) bond motifs is 11. The van der Waals surface area contributed by atoms with E-state index in [9.17, 15) is 0 Å². The molecule has 0 spiro atoms. The number of benzene rings is 6. The molecule has 3 heteroatoms. The third-order valence-corrected chi connectivity index (χ3v) is 10.0. The van der Waals surface area contributed by atoms with Crippen LogP contribution in [0.1, 0.15) is 36.1 Å². The number of rotatable bonds is 1. The van der Waals surface area contributed by atoms with Crippen molar-refractivity contribution in [1.82, 2.24) is 14.5 Å². The van der Waals surface area contributed by atoms with Crippen molar-refractivity contribution in [2.45, 2.75) is 25.7 Å². The van der Waals surface area contributed by atoms with Crippen molar-refractivity contribution in [3.05, 3.63) is 138 Å². The third-order valence-electron chi connectivity index (χ3n) is 10.0. The second kappa shape index (κ2) is 7.96. The lowest BCUT2D eigenvalue weighted by Crippen LogP contribution is -2.14. The molecule has 2 aliphatic carbocycles. The molecule has 0 amide bonds. The largest absolute Gasteiger partial charge is 0.277 e. The first kappa shape index (κ1) is 23.3. The molecule has 2 aliphatic rings. The van der Waals surface area contributed by atoms with Crippen LogP contribution in [0.5, 0.6) is 0 Å². The Hall–Kier alpha value is -5.28. The van der Waals surface area contributed by atoms with Gasteiger partial charge in [0.05, 0.1) is 22.2 Å². The zero-order chi connectivity index (χ0) is 28.4. The summed E-state index contributed by atoms with van der Waals surface area (Å²) in [6.45, 7) is 4.69. The van der Waals surface area contributed by atoms with E-state index in [4.69, 9.17) is 9.97 Å². The van der Waals surface area contributed by atoms with Crippen LogP contribution in [0.15, 0.2) is 115 Å². The highest BCUT2D eigenvalue weighted by Gasteiger charge is 2.36. The molecule has 2 aromatic heterocycles. The van der Waals surface area contributed by atoms with Gasteiger partial charge in [-0.2, -0.15) is 0 Å². The Morgan fingerprint density at radius 1 is 0.581 bits per heavy atom. The zero-order valence-corrected chi connectivity index (χ0v) is 24.0. The summed E-state index contributed by atoms with van der Waals surface area (Å²) in [5.41, 5.74) is 13.6. The van der Waals surface area contributed by atoms with Crippen LogP contribution < -0.4 is 0 Å². The van der Waals surface area contributed by atoms with Crippen molar-refractivity contribution < 1.29 is 0 Å². The normalized spacial score (nSPS) is 14.4. The van der Waals surface area contributed by atoms with E-state index in [2.05, 4.69) is 134 Å². The monoisotopic (exact) mass is 549 g/mol. The van der Waals surface area contributed by atoms with Crippen LogP contribution in [-0.4, -0.2) is 14.5 Å². The van der Waals surface area contributed by atoms with Crippen LogP contribution >= 0.6 is 0 Å². The van der Waals surface area contributed by atoms with Gasteiger partial charge in [-0.3, -0.25) is 4.57 Å². The number of nitrogens with zero attached hydrogens (tertiary/aromatic N) is 3. The van der Waals surface area contributed by atoms with E-state index in [1.165, 1.54) is 65.9 Å². The Kier molecular flexibility index (Phi) is 4.31. The van der Waals surface area contributed by atoms with E-state index in [1.54, 1.807) is 0 Å². The van der Waals surface area contributed by atoms with Gasteiger partial charge in [0, 0.05) is 32.5 Å². The van der Waals surface area contributed by atoms with Gasteiger partial charge in [-0.1, -0.05) is 117 Å². The van der Waals surface area contributed by atoms with E-state index in [0.717, 1.165) is 34.6 Å². The first-order valence-corrected chi connectivity index (χ1v) is 15.1. The van der Waals surface area contributed by atoms with Crippen LogP contribution in [0, 0.1) is 0 Å². The number of hydrogen-bond acceptors (Lipinski definition) is 2. The summed E-state index contributed by atoms with van der Waals surface area (Å²) in [5.74, 6) is 0.719. The molecule has 202 valence electrons. The minimum atomic E-state index is -0.0446. The zero-order valence-electron chi connectivity index (χ0n) is 24.0. The predicted octanol–water partition coefficient (Wildman–Crippen LogP) is 9.76. The molecule has 0 atom stereocenters. The van der Waals surface area contributed by atoms with Crippen molar-refractivity contribution >= 4 is 43.5 Å². The maximum Gasteiger partial charge on any atom is 0.235 e. The van der Waals surface area contributed by atoms with Gasteiger partial charge < -0.3 is 0 Å². The average Bonchev–Trinajstić information content (AvgIpc) is 3.50. The molecule has 0 aliphatic heterocycles. The molecule has 0 radical (unpaired) electrons. The smallest absolute Gasteiger partial charge is 0.235 e. The lowest BCUT2D eigenvalue weighted by atomic mass is 9.82. The van der Waals surface area contributed by atoms with Gasteiger partial charge in [0.15, 0.2) is 0 Å². The number of para-hydroxylation sites is 1. The predicted molar refractivity (Wildman–Crippen MR) is 177 cm³/mol. The summed E-state index contributed by atoms with van der Waals surface area (Å²) in [5, 5.41) is 6.12. The second-order valence-electron chi connectivity index (χ2n) is 12.6. The Labute approximate surface area is 249 Å². The second-order valence-corrected chi connectivity index (χ2v) is 12.6. The van der Waals surface area contributed by atoms with Gasteiger partial charge in [0.1, 0.15) is 0 Å². The maximum atomic E-state index is 5.41. The summed E-state index contributed by atoms with van der Waals surface area (Å²) in [6, 6.07) is 42.1. The van der Waals surface area contributed by atoms with Gasteiger partial charge in [-0.15, -0.1) is 0 Å². The molecule has 0 saturated heterocycles. The molecule has 10 rings (SSSR count). The van der Waals surface area contributed by atoms with Gasteiger partial charge in [0.2, 0.25) is 5.95 Å². The summed E-state index contributed by atoms with van der Waals surface area (Å²) in [6.07, 6.45) is 0.909. The highest BCUT2D eigenvalue weighted by atomic mass is 15.2. The molecule has 0 bridgehead atoms. The van der Waals surface area contributed by atoms with Crippen LogP contribution in [0.2, 0.25) is 0 Å². The summed E-state index contributed by atoms with van der Waals surface area (Å²) in [7, 11) is 0. The highest BCUT2D eigenvalue weighted by molar-refractivity contribution is 6.21. The molecule has 0 fully saturated rings. The van der Waals surface area contributed by atoms with Gasteiger partial charge in [-0.25, -0.2) is 9.97 Å². The van der Waals surface area contributed by atoms with Crippen molar-refractivity contribution in [3.8, 4) is 28.3 Å². The molecule has 0 N–H and O–H groups in total. The Bertz CT molecular complexity index is 2510. The fourth-order valence-electron chi connectivity index (χ4n) is 8.07. The maximum absolute atomic E-state index is 5.41. The minimum absolute atomic E-state index is 0.0446. The average molecular weight is 550 g/mol. The van der Waals surface area contributed by atoms with Gasteiger partial charge in [-0.05, 0) is 57.3 Å². The van der Waals surface area contributed by atoms with Crippen LogP contribution in [0.3, 0.4) is 0 Å². The van der Waals surface area contributed by atoms with E-state index in [-0.39, 0.29) is 5.41 Å². The van der Waals surface area contributed by atoms with Crippen molar-refractivity contribution in [2.24, 2.45) is 0 Å². The molecule has 8 aromatic rings. The lowest BCUT2D eigenvalue weighted by molar-refractivity contribution is 0.661. The molecule has 6 aromatic carbocycles. The van der Waals surface area contributed by atoms with Crippen LogP contribution in [0.25, 0.3) is 71.8 Å². The van der Waals surface area contributed by atoms with E-state index in [0.29, 0.717) is 0 Å². The van der Waals surface area contributed by atoms with Crippen LogP contribution in [0.4, 0.5) is 0 Å². The summed E-state index contributed by atoms with van der Waals surface area (Å²) in [4.78, 5) is 10.7. The lowest BCUT2D eigenvalue weighted by Gasteiger charge is -2.22. The van der Waals surface area contributed by atoms with Crippen LogP contribution in [-0.2, 0) is 11.8 Å². The molecule has 2 heterocycles. The topological polar surface area (TPSA) is 30.7 Å². The molecular formula is C40H27N3. The Balaban J connectivity index is 1.36. The van der Waals surface area contributed by atoms with Crippen molar-refractivity contribution in [2.75, 3.05) is 0 Å².